The van der Waals surface area contributed by atoms with Gasteiger partial charge in [-0.3, -0.25) is 9.59 Å². The molecule has 3 fully saturated rings. The molecule has 1 saturated carbocycles. The van der Waals surface area contributed by atoms with Crippen LogP contribution < -0.4 is 10.6 Å². The molecule has 2 unspecified atom stereocenters. The minimum Gasteiger partial charge on any atom is -0.376 e. The monoisotopic (exact) mass is 510 g/mol. The minimum atomic E-state index is -0.641. The Morgan fingerprint density at radius 3 is 2.42 bits per heavy atom. The van der Waals surface area contributed by atoms with Crippen molar-refractivity contribution in [1.29, 1.82) is 0 Å². The average molecular weight is 511 g/mol. The third kappa shape index (κ3) is 3.33. The smallest absolute Gasteiger partial charge is 0.228 e. The zero-order valence-corrected chi connectivity index (χ0v) is 20.7. The lowest BCUT2D eigenvalue weighted by atomic mass is 9.68. The maximum Gasteiger partial charge on any atom is 0.228 e. The van der Waals surface area contributed by atoms with Gasteiger partial charge in [0, 0.05) is 23.4 Å². The zero-order valence-electron chi connectivity index (χ0n) is 20.7. The van der Waals surface area contributed by atoms with Gasteiger partial charge in [-0.05, 0) is 66.8 Å². The fraction of sp³-hybridized carbons (Fsp3) is 0.300. The van der Waals surface area contributed by atoms with Crippen LogP contribution >= 0.6 is 0 Å². The molecule has 3 aromatic carbocycles. The number of nitrogens with two attached hydrogens (primary N) is 1. The third-order valence-electron chi connectivity index (χ3n) is 8.52. The first-order valence-corrected chi connectivity index (χ1v) is 13.0. The van der Waals surface area contributed by atoms with Gasteiger partial charge in [-0.25, -0.2) is 9.07 Å². The Bertz CT molecular complexity index is 1550. The van der Waals surface area contributed by atoms with Crippen LogP contribution in [0.25, 0.3) is 16.6 Å². The van der Waals surface area contributed by atoms with E-state index in [0.717, 1.165) is 40.7 Å². The summed E-state index contributed by atoms with van der Waals surface area (Å²) in [4.78, 5) is 28.1. The molecular weight excluding hydrogens is 483 g/mol. The molecular formula is C30H27FN4O3. The number of rotatable bonds is 6. The minimum absolute atomic E-state index is 0.00903. The van der Waals surface area contributed by atoms with E-state index in [4.69, 9.17) is 10.5 Å². The molecule has 0 spiro atoms. The summed E-state index contributed by atoms with van der Waals surface area (Å²) in [6, 6.07) is 22.2. The molecule has 4 aromatic rings. The van der Waals surface area contributed by atoms with Gasteiger partial charge in [-0.15, -0.1) is 0 Å². The Morgan fingerprint density at radius 1 is 1.03 bits per heavy atom. The first kappa shape index (κ1) is 23.1. The van der Waals surface area contributed by atoms with Crippen LogP contribution in [-0.4, -0.2) is 34.3 Å². The first-order valence-electron chi connectivity index (χ1n) is 13.0. The maximum atomic E-state index is 13.9. The molecule has 0 bridgehead atoms. The highest BCUT2D eigenvalue weighted by molar-refractivity contribution is 6.00. The van der Waals surface area contributed by atoms with E-state index in [1.165, 1.54) is 12.1 Å². The number of fused-ring (bicyclic) bond motifs is 1. The van der Waals surface area contributed by atoms with Gasteiger partial charge in [0.15, 0.2) is 0 Å². The zero-order chi connectivity index (χ0) is 26.0. The molecule has 3 heterocycles. The first-order chi connectivity index (χ1) is 18.5. The van der Waals surface area contributed by atoms with Gasteiger partial charge in [0.2, 0.25) is 11.8 Å². The lowest BCUT2D eigenvalue weighted by Gasteiger charge is -2.49. The van der Waals surface area contributed by atoms with Crippen LogP contribution in [0.2, 0.25) is 0 Å². The summed E-state index contributed by atoms with van der Waals surface area (Å²) in [5.74, 6) is -1.02. The van der Waals surface area contributed by atoms with Crippen LogP contribution in [0.4, 0.5) is 10.1 Å². The van der Waals surface area contributed by atoms with Crippen molar-refractivity contribution in [2.75, 3.05) is 11.5 Å². The highest BCUT2D eigenvalue weighted by atomic mass is 19.1. The van der Waals surface area contributed by atoms with Crippen molar-refractivity contribution in [1.82, 2.24) is 9.78 Å². The number of carbonyl (C=O) groups excluding carboxylic acids is 2. The van der Waals surface area contributed by atoms with E-state index < -0.39 is 17.6 Å². The second kappa shape index (κ2) is 8.49. The molecule has 8 heteroatoms. The van der Waals surface area contributed by atoms with Gasteiger partial charge in [0.25, 0.3) is 0 Å². The molecule has 1 aliphatic carbocycles. The van der Waals surface area contributed by atoms with E-state index in [2.05, 4.69) is 17.2 Å². The molecule has 2 N–H and O–H groups in total. The van der Waals surface area contributed by atoms with E-state index in [1.54, 1.807) is 23.0 Å². The number of hydrogen-bond acceptors (Lipinski definition) is 4. The normalized spacial score (nSPS) is 27.0. The Labute approximate surface area is 219 Å². The van der Waals surface area contributed by atoms with Gasteiger partial charge in [-0.2, -0.15) is 5.10 Å². The molecule has 7 rings (SSSR count). The number of ether oxygens (including phenoxy) is 1. The molecule has 1 aromatic heterocycles. The summed E-state index contributed by atoms with van der Waals surface area (Å²) in [6.07, 6.45) is 3.64. The number of benzene rings is 3. The van der Waals surface area contributed by atoms with Crippen molar-refractivity contribution >= 4 is 28.4 Å². The summed E-state index contributed by atoms with van der Waals surface area (Å²) in [6.45, 7) is 0.300. The molecule has 3 aliphatic rings. The highest BCUT2D eigenvalue weighted by Gasteiger charge is 2.65. The molecule has 7 nitrogen and oxygen atoms in total. The summed E-state index contributed by atoms with van der Waals surface area (Å²) in [5.41, 5.74) is 8.54. The van der Waals surface area contributed by atoms with Crippen molar-refractivity contribution in [3.63, 3.8) is 0 Å². The van der Waals surface area contributed by atoms with Gasteiger partial charge in [-0.1, -0.05) is 30.3 Å². The summed E-state index contributed by atoms with van der Waals surface area (Å²) in [7, 11) is 0. The molecule has 2 saturated heterocycles. The summed E-state index contributed by atoms with van der Waals surface area (Å²) < 4.78 is 21.2. The molecule has 4 atom stereocenters. The Kier molecular flexibility index (Phi) is 5.16. The Morgan fingerprint density at radius 2 is 1.76 bits per heavy atom. The number of amides is 2. The van der Waals surface area contributed by atoms with Crippen molar-refractivity contribution in [2.45, 2.75) is 30.9 Å². The maximum absolute atomic E-state index is 13.9. The predicted octanol–water partition coefficient (Wildman–Crippen LogP) is 4.32. The van der Waals surface area contributed by atoms with E-state index >= 15 is 0 Å². The SMILES string of the molecule is NC(=O)C1COC1[C@@H]1CC(=O)N(c2ccc3c(cnn3-c3ccc(F)cc3)c2)[C@]1(c1ccccc1)C1CC1. The molecule has 0 radical (unpaired) electrons. The lowest BCUT2D eigenvalue weighted by Crippen LogP contribution is -2.59. The lowest BCUT2D eigenvalue weighted by molar-refractivity contribution is -0.171. The quantitative estimate of drug-likeness (QED) is 0.418. The Hall–Kier alpha value is -4.04. The van der Waals surface area contributed by atoms with Gasteiger partial charge in [0.05, 0.1) is 41.6 Å². The Balaban J connectivity index is 1.37. The number of primary amides is 1. The number of nitrogens with zero attached hydrogens (tertiary/aromatic N) is 3. The highest BCUT2D eigenvalue weighted by Crippen LogP contribution is 2.61. The van der Waals surface area contributed by atoms with Crippen LogP contribution in [0.5, 0.6) is 0 Å². The van der Waals surface area contributed by atoms with Crippen LogP contribution in [0.1, 0.15) is 24.8 Å². The molecule has 2 aliphatic heterocycles. The molecule has 38 heavy (non-hydrogen) atoms. The predicted molar refractivity (Wildman–Crippen MR) is 140 cm³/mol. The van der Waals surface area contributed by atoms with Crippen molar-refractivity contribution in [3.8, 4) is 5.69 Å². The van der Waals surface area contributed by atoms with Crippen LogP contribution in [0, 0.1) is 23.6 Å². The fourth-order valence-corrected chi connectivity index (χ4v) is 6.72. The number of halogens is 1. The van der Waals surface area contributed by atoms with Crippen LogP contribution in [0.3, 0.4) is 0 Å². The van der Waals surface area contributed by atoms with Crippen LogP contribution in [-0.2, 0) is 19.9 Å². The van der Waals surface area contributed by atoms with E-state index in [1.807, 2.05) is 41.3 Å². The summed E-state index contributed by atoms with van der Waals surface area (Å²) in [5, 5.41) is 5.41. The van der Waals surface area contributed by atoms with Crippen molar-refractivity contribution in [3.05, 3.63) is 90.4 Å². The second-order valence-electron chi connectivity index (χ2n) is 10.6. The van der Waals surface area contributed by atoms with Crippen molar-refractivity contribution in [2.24, 2.45) is 23.5 Å². The van der Waals surface area contributed by atoms with Gasteiger partial charge < -0.3 is 15.4 Å². The molecule has 2 amide bonds. The number of aromatic nitrogens is 2. The fourth-order valence-electron chi connectivity index (χ4n) is 6.72. The van der Waals surface area contributed by atoms with Crippen molar-refractivity contribution < 1.29 is 18.7 Å². The van der Waals surface area contributed by atoms with Gasteiger partial charge in [0.1, 0.15) is 5.82 Å². The van der Waals surface area contributed by atoms with Gasteiger partial charge >= 0.3 is 0 Å². The largest absolute Gasteiger partial charge is 0.376 e. The molecule has 192 valence electrons. The number of hydrogen-bond donors (Lipinski definition) is 1. The average Bonchev–Trinajstić information content (AvgIpc) is 3.59. The second-order valence-corrected chi connectivity index (χ2v) is 10.6. The van der Waals surface area contributed by atoms with E-state index in [-0.39, 0.29) is 35.9 Å². The van der Waals surface area contributed by atoms with E-state index in [9.17, 15) is 14.0 Å². The number of carbonyl (C=O) groups is 2. The van der Waals surface area contributed by atoms with E-state index in [0.29, 0.717) is 6.61 Å². The van der Waals surface area contributed by atoms with Crippen LogP contribution in [0.15, 0.2) is 79.0 Å². The third-order valence-corrected chi connectivity index (χ3v) is 8.52. The topological polar surface area (TPSA) is 90.5 Å². The standard InChI is InChI=1S/C30H27FN4O3/c31-21-8-10-22(11-9-21)35-26-13-12-23(14-18(26)16-33-35)34-27(36)15-25(28-24(17-38-28)29(32)37)30(34,20-6-7-20)19-4-2-1-3-5-19/h1-5,8-14,16,20,24-25,28H,6-7,15,17H2,(H2,32,37)/t24?,25-,28?,30+/m0/s1. The summed E-state index contributed by atoms with van der Waals surface area (Å²) >= 11 is 0. The number of anilines is 1.